The van der Waals surface area contributed by atoms with E-state index in [4.69, 9.17) is 217 Å². The number of benzene rings is 3. The van der Waals surface area contributed by atoms with Gasteiger partial charge >= 0.3 is 36.0 Å². The smallest absolute Gasteiger partial charge is 0.378 e. The fraction of sp³-hybridized carbons (Fsp3) is 0.779. The summed E-state index contributed by atoms with van der Waals surface area (Å²) in [7, 11) is 5.27. The van der Waals surface area contributed by atoms with E-state index in [1.807, 2.05) is 124 Å². The fourth-order valence-electron chi connectivity index (χ4n) is 17.3. The molecule has 0 N–H and O–H groups in total. The second-order valence-electron chi connectivity index (χ2n) is 39.8. The second-order valence-corrected chi connectivity index (χ2v) is 84.0. The summed E-state index contributed by atoms with van der Waals surface area (Å²) >= 11 is 82.6. The molecule has 0 amide bonds. The minimum Gasteiger partial charge on any atom is -0.464 e. The number of piperidine rings is 5. The van der Waals surface area contributed by atoms with E-state index in [1.165, 1.54) is 6.42 Å². The molecule has 0 bridgehead atoms. The SMILES string of the molecule is C.C.C.C.C.C.C.C.C.C.CC(ON1C(C)(C)CC(=O)CC1(C)C)C(=O)OC[Si](Cl)(Cl)Cl.CC1(C)CCCC(C)(C)N1OC(COC[Si](Cl)(Cl)Cl)c1ccccc1.COC1CC(C)(C)N(OC(C)(C)C(=O)OC[Si](C)(Cl)Cl)C(C)(C)C1.COC1CC(C)(C)N(OC(COC[Si](Cl)(Cl)Cl)c2ccccc2)C(C)(C)C1.COC1CC(C)(C)N(OC(COC[Si](Cl)(Cl)Cl)c2ccccc2)C(C)(C)C1. The van der Waals surface area contributed by atoms with Crippen LogP contribution < -0.4 is 0 Å². The second kappa shape index (κ2) is 61.7. The highest BCUT2D eigenvalue weighted by Gasteiger charge is 2.54. The predicted molar refractivity (Wildman–Crippen MR) is 593 cm³/mol. The average molecular weight is 2290 g/mol. The van der Waals surface area contributed by atoms with E-state index in [0.29, 0.717) is 32.7 Å². The first-order chi connectivity index (χ1) is 56.8. The molecule has 5 fully saturated rings. The molecular formula is C95H181Cl14N5O16Si5. The number of hydrogen-bond donors (Lipinski definition) is 0. The molecule has 5 aliphatic rings. The van der Waals surface area contributed by atoms with Crippen molar-refractivity contribution in [1.82, 2.24) is 25.3 Å². The largest absolute Gasteiger partial charge is 0.464 e. The van der Waals surface area contributed by atoms with Crippen LogP contribution in [0.25, 0.3) is 0 Å². The first-order valence-electron chi connectivity index (χ1n) is 42.1. The third kappa shape index (κ3) is 51.5. The zero-order chi connectivity index (χ0) is 95.6. The number of rotatable bonds is 34. The first kappa shape index (κ1) is 149. The minimum absolute atomic E-state index is 0. The summed E-state index contributed by atoms with van der Waals surface area (Å²) < 4.78 is 44.3. The van der Waals surface area contributed by atoms with Gasteiger partial charge in [-0.2, -0.15) is 25.3 Å². The maximum atomic E-state index is 12.4. The van der Waals surface area contributed by atoms with Gasteiger partial charge in [0.1, 0.15) is 36.6 Å². The Kier molecular flexibility index (Phi) is 67.9. The van der Waals surface area contributed by atoms with Crippen LogP contribution in [-0.2, 0) is 76.5 Å². The van der Waals surface area contributed by atoms with Gasteiger partial charge in [0.15, 0.2) is 11.7 Å². The van der Waals surface area contributed by atoms with Gasteiger partial charge in [0.05, 0.1) is 56.8 Å². The number of esters is 2. The number of nitrogens with zero attached hydrogens (tertiary/aromatic N) is 5. The van der Waals surface area contributed by atoms with Gasteiger partial charge in [0.25, 0.3) is 6.69 Å². The monoisotopic (exact) mass is 2280 g/mol. The highest BCUT2D eigenvalue weighted by Crippen LogP contribution is 2.47. The number of ether oxygens (including phenoxy) is 8. The number of halogens is 14. The molecule has 800 valence electrons. The molecule has 0 saturated carbocycles. The molecular weight excluding hydrogens is 2100 g/mol. The van der Waals surface area contributed by atoms with E-state index < -0.39 is 65.4 Å². The van der Waals surface area contributed by atoms with Gasteiger partial charge < -0.3 is 37.9 Å². The van der Waals surface area contributed by atoms with Crippen molar-refractivity contribution in [3.05, 3.63) is 108 Å². The van der Waals surface area contributed by atoms with E-state index in [2.05, 4.69) is 126 Å². The summed E-state index contributed by atoms with van der Waals surface area (Å²) in [5.74, 6) is -0.891. The van der Waals surface area contributed by atoms with E-state index in [-0.39, 0.29) is 192 Å². The van der Waals surface area contributed by atoms with Crippen LogP contribution in [0.3, 0.4) is 0 Å². The number of Topliss-reactive ketones (excluding diaryl/α,β-unsaturated/α-hetero) is 1. The van der Waals surface area contributed by atoms with Crippen molar-refractivity contribution in [3.63, 3.8) is 0 Å². The summed E-state index contributed by atoms with van der Waals surface area (Å²) in [6, 6.07) is 18.6. The van der Waals surface area contributed by atoms with Crippen LogP contribution >= 0.6 is 155 Å². The Morgan fingerprint density at radius 2 is 0.607 bits per heavy atom. The summed E-state index contributed by atoms with van der Waals surface area (Å²) in [5, 5.41) is 9.97. The lowest BCUT2D eigenvalue weighted by molar-refractivity contribution is -0.333. The Balaban J connectivity index is -0.000000298. The highest BCUT2D eigenvalue weighted by atomic mass is 35.9. The van der Waals surface area contributed by atoms with Crippen molar-refractivity contribution in [3.8, 4) is 0 Å². The van der Waals surface area contributed by atoms with Gasteiger partial charge in [0, 0.05) is 89.6 Å². The average Bonchev–Trinajstić information content (AvgIpc) is 0.784. The normalized spacial score (nSPS) is 20.6. The van der Waals surface area contributed by atoms with Crippen LogP contribution in [0.4, 0.5) is 0 Å². The Morgan fingerprint density at radius 3 is 0.852 bits per heavy atom. The maximum Gasteiger partial charge on any atom is 0.378 e. The molecule has 21 nitrogen and oxygen atoms in total. The van der Waals surface area contributed by atoms with Crippen LogP contribution in [0.2, 0.25) is 6.55 Å². The van der Waals surface area contributed by atoms with Crippen molar-refractivity contribution >= 4 is 204 Å². The maximum absolute atomic E-state index is 12.4. The van der Waals surface area contributed by atoms with Gasteiger partial charge in [-0.15, -0.1) is 155 Å². The zero-order valence-corrected chi connectivity index (χ0v) is 93.8. The first-order valence-corrected chi connectivity index (χ1v) is 67.8. The molecule has 5 aliphatic heterocycles. The zero-order valence-electron chi connectivity index (χ0n) is 78.2. The molecule has 0 spiro atoms. The molecule has 0 radical (unpaired) electrons. The number of carbonyl (C=O) groups excluding carboxylic acids is 3. The molecule has 5 saturated heterocycles. The van der Waals surface area contributed by atoms with Crippen molar-refractivity contribution in [2.24, 2.45) is 0 Å². The van der Waals surface area contributed by atoms with Crippen LogP contribution in [0.1, 0.15) is 339 Å². The number of hydroxylamine groups is 10. The van der Waals surface area contributed by atoms with Crippen molar-refractivity contribution < 1.29 is 76.5 Å². The number of methoxy groups -OCH3 is 3. The molecule has 3 aromatic rings. The van der Waals surface area contributed by atoms with Crippen molar-refractivity contribution in [1.29, 1.82) is 0 Å². The van der Waals surface area contributed by atoms with E-state index >= 15 is 0 Å². The Labute approximate surface area is 891 Å². The molecule has 135 heavy (non-hydrogen) atoms. The number of ketones is 1. The molecule has 4 unspecified atom stereocenters. The third-order valence-corrected chi connectivity index (χ3v) is 29.1. The molecule has 5 heterocycles. The van der Waals surface area contributed by atoms with Gasteiger partial charge in [-0.1, -0.05) is 165 Å². The Hall–Kier alpha value is 0.774. The van der Waals surface area contributed by atoms with E-state index in [0.717, 1.165) is 68.1 Å². The lowest BCUT2D eigenvalue weighted by Crippen LogP contribution is -2.64. The summed E-state index contributed by atoms with van der Waals surface area (Å²) in [6.07, 6.45) is 8.46. The van der Waals surface area contributed by atoms with Gasteiger partial charge in [-0.3, -0.25) is 29.0 Å². The highest BCUT2D eigenvalue weighted by molar-refractivity contribution is 7.66. The lowest BCUT2D eigenvalue weighted by Gasteiger charge is -2.55. The van der Waals surface area contributed by atoms with E-state index in [1.54, 1.807) is 53.7 Å². The van der Waals surface area contributed by atoms with Crippen LogP contribution in [0, 0.1) is 0 Å². The minimum atomic E-state index is -3.02. The molecule has 8 rings (SSSR count). The van der Waals surface area contributed by atoms with Crippen LogP contribution in [-0.4, -0.2) is 231 Å². The number of carbonyl (C=O) groups is 3. The summed E-state index contributed by atoms with van der Waals surface area (Å²) in [4.78, 5) is 67.8. The predicted octanol–water partition coefficient (Wildman–Crippen LogP) is 30.6. The standard InChI is InChI=1S/2C19H30Cl3NO3Si.C18H28Cl3NO2Si.C16H31Cl2NO4Si.C13H22Cl3NO4Si.10CH4/c2*1-18(2)11-16(24-5)12-19(3,4)23(18)26-17(13-25-14-27(20,21)22)15-9-7-6-8-10-15;1-17(2)11-8-12-18(3,4)22(17)24-16(13-23-14-25(19,20)21)15-9-6-5-7-10-15;1-14(2)9-12(21-7)10-15(3,4)19(14)23-16(5,6)13(20)22-11-24(8,17)18;1-9(11(19)20-8-22(14,15)16)21-17-12(2,3)6-10(18)7-13(17,4)5;;;;;;;;;;/h2*6-10,16-17H,11-14H2,1-5H3;5-7,9-10,16H,8,11-14H2,1-4H3;12H,9-11H2,1-8H3;9H,6-8H2,1-5H3;10*1H4. The Morgan fingerprint density at radius 1 is 0.363 bits per heavy atom. The quantitative estimate of drug-likeness (QED) is 0.0312. The van der Waals surface area contributed by atoms with Crippen LogP contribution in [0.5, 0.6) is 0 Å². The lowest BCUT2D eigenvalue weighted by atomic mass is 9.80. The Bertz CT molecular complexity index is 3570. The topological polar surface area (TPSA) is 187 Å². The third-order valence-electron chi connectivity index (χ3n) is 21.8. The molecule has 4 atom stereocenters. The molecule has 0 aliphatic carbocycles. The fourth-order valence-corrected chi connectivity index (χ4v) is 21.9. The van der Waals surface area contributed by atoms with Crippen LogP contribution in [0.15, 0.2) is 91.0 Å². The molecule has 40 heteroatoms. The van der Waals surface area contributed by atoms with E-state index in [9.17, 15) is 14.4 Å². The van der Waals surface area contributed by atoms with Gasteiger partial charge in [-0.05, 0) is 240 Å². The van der Waals surface area contributed by atoms with Crippen molar-refractivity contribution in [2.45, 2.75) is 414 Å². The van der Waals surface area contributed by atoms with Gasteiger partial charge in [0.2, 0.25) is 0 Å². The van der Waals surface area contributed by atoms with Gasteiger partial charge in [-0.25, -0.2) is 9.59 Å². The summed E-state index contributed by atoms with van der Waals surface area (Å²) in [6.45, 7) is 47.4. The van der Waals surface area contributed by atoms with Crippen molar-refractivity contribution in [2.75, 3.05) is 72.3 Å². The molecule has 3 aromatic carbocycles. The number of hydrogen-bond acceptors (Lipinski definition) is 21. The molecule has 0 aromatic heterocycles. The summed E-state index contributed by atoms with van der Waals surface area (Å²) in [5.41, 5.74) is -0.491.